The van der Waals surface area contributed by atoms with Crippen molar-refractivity contribution < 1.29 is 0 Å². The van der Waals surface area contributed by atoms with Crippen LogP contribution in [0, 0.1) is 11.3 Å². The van der Waals surface area contributed by atoms with Crippen LogP contribution in [0.25, 0.3) is 10.9 Å². The number of nitrogens with two attached hydrogens (primary N) is 1. The van der Waals surface area contributed by atoms with Gasteiger partial charge in [0.25, 0.3) is 0 Å². The lowest BCUT2D eigenvalue weighted by atomic mass is 10.1. The molecule has 1 aromatic heterocycles. The van der Waals surface area contributed by atoms with Gasteiger partial charge >= 0.3 is 0 Å². The van der Waals surface area contributed by atoms with Gasteiger partial charge in [-0.2, -0.15) is 5.26 Å². The maximum atomic E-state index is 9.40. The van der Waals surface area contributed by atoms with Crippen molar-refractivity contribution in [3.05, 3.63) is 54.2 Å². The van der Waals surface area contributed by atoms with E-state index in [1.807, 2.05) is 55.4 Å². The van der Waals surface area contributed by atoms with Crippen LogP contribution in [-0.4, -0.2) is 19.1 Å². The molecule has 0 aliphatic carbocycles. The van der Waals surface area contributed by atoms with Gasteiger partial charge in [0, 0.05) is 37.1 Å². The van der Waals surface area contributed by atoms with E-state index in [9.17, 15) is 5.26 Å². The molecule has 2 aromatic carbocycles. The number of nitrogens with zero attached hydrogens (tertiary/aromatic N) is 3. The summed E-state index contributed by atoms with van der Waals surface area (Å²) in [4.78, 5) is 6.33. The molecule has 0 bridgehead atoms. The Morgan fingerprint density at radius 2 is 1.96 bits per heavy atom. The molecule has 3 N–H and O–H groups in total. The number of nitrogens with one attached hydrogen (secondary N) is 1. The topological polar surface area (TPSA) is 78.0 Å². The zero-order chi connectivity index (χ0) is 16.4. The summed E-state index contributed by atoms with van der Waals surface area (Å²) in [5.74, 6) is 0. The normalized spacial score (nSPS) is 10.3. The number of hydrogen-bond acceptors (Lipinski definition) is 5. The van der Waals surface area contributed by atoms with Crippen LogP contribution in [0.3, 0.4) is 0 Å². The Balaban J connectivity index is 2.14. The minimum Gasteiger partial charge on any atom is -0.397 e. The zero-order valence-corrected chi connectivity index (χ0v) is 13.0. The Kier molecular flexibility index (Phi) is 3.73. The quantitative estimate of drug-likeness (QED) is 0.724. The lowest BCUT2D eigenvalue weighted by Gasteiger charge is -2.16. The largest absolute Gasteiger partial charge is 0.397 e. The number of aromatic nitrogens is 1. The molecule has 0 saturated heterocycles. The number of pyridine rings is 1. The summed E-state index contributed by atoms with van der Waals surface area (Å²) in [5, 5.41) is 13.6. The van der Waals surface area contributed by atoms with Crippen molar-refractivity contribution in [2.75, 3.05) is 30.0 Å². The molecule has 5 nitrogen and oxygen atoms in total. The van der Waals surface area contributed by atoms with E-state index in [-0.39, 0.29) is 0 Å². The summed E-state index contributed by atoms with van der Waals surface area (Å²) in [5.41, 5.74) is 10.5. The van der Waals surface area contributed by atoms with Crippen LogP contribution in [-0.2, 0) is 0 Å². The first kappa shape index (κ1) is 14.7. The first-order chi connectivity index (χ1) is 11.1. The molecule has 0 unspecified atom stereocenters. The Hall–Kier alpha value is -3.26. The second kappa shape index (κ2) is 5.85. The van der Waals surface area contributed by atoms with E-state index in [2.05, 4.69) is 16.4 Å². The fourth-order valence-corrected chi connectivity index (χ4v) is 2.47. The van der Waals surface area contributed by atoms with Gasteiger partial charge in [0.2, 0.25) is 0 Å². The van der Waals surface area contributed by atoms with Gasteiger partial charge in [0.1, 0.15) is 6.07 Å². The fourth-order valence-electron chi connectivity index (χ4n) is 2.47. The van der Waals surface area contributed by atoms with Gasteiger partial charge in [-0.25, -0.2) is 0 Å². The van der Waals surface area contributed by atoms with Crippen LogP contribution >= 0.6 is 0 Å². The molecule has 0 aliphatic rings. The molecular weight excluding hydrogens is 286 g/mol. The van der Waals surface area contributed by atoms with Crippen molar-refractivity contribution in [2.24, 2.45) is 0 Å². The lowest BCUT2D eigenvalue weighted by molar-refractivity contribution is 1.13. The second-order valence-electron chi connectivity index (χ2n) is 5.47. The van der Waals surface area contributed by atoms with Crippen molar-refractivity contribution in [1.29, 1.82) is 5.26 Å². The summed E-state index contributed by atoms with van der Waals surface area (Å²) in [6.07, 6.45) is 1.55. The maximum absolute atomic E-state index is 9.40. The van der Waals surface area contributed by atoms with Crippen LogP contribution in [0.5, 0.6) is 0 Å². The second-order valence-corrected chi connectivity index (χ2v) is 5.47. The van der Waals surface area contributed by atoms with E-state index in [0.29, 0.717) is 16.8 Å². The van der Waals surface area contributed by atoms with Crippen molar-refractivity contribution in [1.82, 2.24) is 4.98 Å². The van der Waals surface area contributed by atoms with Crippen LogP contribution in [0.2, 0.25) is 0 Å². The predicted molar refractivity (Wildman–Crippen MR) is 94.9 cm³/mol. The van der Waals surface area contributed by atoms with Gasteiger partial charge < -0.3 is 16.0 Å². The Bertz CT molecular complexity index is 909. The Morgan fingerprint density at radius 1 is 1.17 bits per heavy atom. The average molecular weight is 303 g/mol. The van der Waals surface area contributed by atoms with Crippen LogP contribution in [0.4, 0.5) is 22.7 Å². The molecule has 3 rings (SSSR count). The third-order valence-electron chi connectivity index (χ3n) is 3.68. The summed E-state index contributed by atoms with van der Waals surface area (Å²) in [6.45, 7) is 0. The third kappa shape index (κ3) is 2.74. The van der Waals surface area contributed by atoms with Crippen molar-refractivity contribution >= 4 is 33.7 Å². The van der Waals surface area contributed by atoms with Gasteiger partial charge in [0.15, 0.2) is 0 Å². The molecule has 5 heteroatoms. The van der Waals surface area contributed by atoms with Crippen LogP contribution < -0.4 is 16.0 Å². The van der Waals surface area contributed by atoms with Gasteiger partial charge in [0.05, 0.1) is 22.5 Å². The minimum atomic E-state index is 0.485. The number of nitrogen functional groups attached to an aromatic ring is 1. The standard InChI is InChI=1S/C18H17N5/c1-23(2)14-6-3-5-13(9-14)22-17-12(10-19)11-21-18-15(17)7-4-8-16(18)20/h3-9,11H,20H2,1-2H3,(H,21,22). The molecule has 0 atom stereocenters. The highest BCUT2D eigenvalue weighted by molar-refractivity contribution is 6.01. The zero-order valence-electron chi connectivity index (χ0n) is 13.0. The molecule has 1 heterocycles. The van der Waals surface area contributed by atoms with Gasteiger partial charge in [-0.1, -0.05) is 18.2 Å². The predicted octanol–water partition coefficient (Wildman–Crippen LogP) is 3.50. The lowest BCUT2D eigenvalue weighted by Crippen LogP contribution is -2.08. The van der Waals surface area contributed by atoms with Gasteiger partial charge in [-0.15, -0.1) is 0 Å². The number of nitriles is 1. The monoisotopic (exact) mass is 303 g/mol. The van der Waals surface area contributed by atoms with Gasteiger partial charge in [-0.05, 0) is 24.3 Å². The highest BCUT2D eigenvalue weighted by Gasteiger charge is 2.11. The number of anilines is 4. The van der Waals surface area contributed by atoms with E-state index < -0.39 is 0 Å². The molecule has 114 valence electrons. The number of rotatable bonds is 3. The summed E-state index contributed by atoms with van der Waals surface area (Å²) >= 11 is 0. The average Bonchev–Trinajstić information content (AvgIpc) is 2.56. The van der Waals surface area contributed by atoms with Crippen molar-refractivity contribution in [2.45, 2.75) is 0 Å². The Morgan fingerprint density at radius 3 is 2.70 bits per heavy atom. The minimum absolute atomic E-state index is 0.485. The first-order valence-electron chi connectivity index (χ1n) is 7.22. The number of hydrogen-bond donors (Lipinski definition) is 2. The third-order valence-corrected chi connectivity index (χ3v) is 3.68. The molecule has 0 aliphatic heterocycles. The fraction of sp³-hybridized carbons (Fsp3) is 0.111. The highest BCUT2D eigenvalue weighted by atomic mass is 15.1. The van der Waals surface area contributed by atoms with E-state index >= 15 is 0 Å². The first-order valence-corrected chi connectivity index (χ1v) is 7.22. The summed E-state index contributed by atoms with van der Waals surface area (Å²) < 4.78 is 0. The molecule has 0 saturated carbocycles. The smallest absolute Gasteiger partial charge is 0.103 e. The molecule has 0 fully saturated rings. The highest BCUT2D eigenvalue weighted by Crippen LogP contribution is 2.31. The SMILES string of the molecule is CN(C)c1cccc(Nc2c(C#N)cnc3c(N)cccc23)c1. The summed E-state index contributed by atoms with van der Waals surface area (Å²) in [7, 11) is 3.98. The van der Waals surface area contributed by atoms with Crippen molar-refractivity contribution in [3.8, 4) is 6.07 Å². The number of benzene rings is 2. The van der Waals surface area contributed by atoms with Crippen LogP contribution in [0.15, 0.2) is 48.7 Å². The Labute approximate surface area is 135 Å². The summed E-state index contributed by atoms with van der Waals surface area (Å²) in [6, 6.07) is 15.8. The van der Waals surface area contributed by atoms with E-state index in [1.54, 1.807) is 12.3 Å². The van der Waals surface area contributed by atoms with E-state index in [4.69, 9.17) is 5.73 Å². The molecule has 0 spiro atoms. The van der Waals surface area contributed by atoms with Crippen LogP contribution in [0.1, 0.15) is 5.56 Å². The van der Waals surface area contributed by atoms with Crippen molar-refractivity contribution in [3.63, 3.8) is 0 Å². The van der Waals surface area contributed by atoms with E-state index in [0.717, 1.165) is 22.4 Å². The molecule has 3 aromatic rings. The number of para-hydroxylation sites is 1. The van der Waals surface area contributed by atoms with E-state index in [1.165, 1.54) is 0 Å². The maximum Gasteiger partial charge on any atom is 0.103 e. The molecule has 0 radical (unpaired) electrons. The molecule has 23 heavy (non-hydrogen) atoms. The number of fused-ring (bicyclic) bond motifs is 1. The molecular formula is C18H17N5. The molecule has 0 amide bonds. The van der Waals surface area contributed by atoms with Gasteiger partial charge in [-0.3, -0.25) is 4.98 Å².